The second kappa shape index (κ2) is 4.77. The average Bonchev–Trinajstić information content (AvgIpc) is 3.02. The molecule has 0 aliphatic carbocycles. The maximum absolute atomic E-state index is 12.4. The first-order chi connectivity index (χ1) is 9.56. The fraction of sp³-hybridized carbons (Fsp3) is 0.667. The van der Waals surface area contributed by atoms with Crippen LogP contribution in [0.2, 0.25) is 0 Å². The van der Waals surface area contributed by atoms with Crippen LogP contribution in [0, 0.1) is 11.8 Å². The molecule has 1 saturated heterocycles. The van der Waals surface area contributed by atoms with Gasteiger partial charge in [-0.05, 0) is 5.92 Å². The largest absolute Gasteiger partial charge is 0.481 e. The van der Waals surface area contributed by atoms with Crippen LogP contribution in [0.15, 0.2) is 6.33 Å². The molecule has 2 amide bonds. The van der Waals surface area contributed by atoms with Crippen LogP contribution in [-0.2, 0) is 17.9 Å². The molecule has 0 bridgehead atoms. The summed E-state index contributed by atoms with van der Waals surface area (Å²) < 4.78 is 1.93. The summed E-state index contributed by atoms with van der Waals surface area (Å²) in [6.45, 7) is 4.38. The van der Waals surface area contributed by atoms with Crippen molar-refractivity contribution < 1.29 is 14.7 Å². The highest BCUT2D eigenvalue weighted by molar-refractivity contribution is 5.77. The van der Waals surface area contributed by atoms with Gasteiger partial charge in [0.2, 0.25) is 0 Å². The number of carboxylic acids is 1. The number of carboxylic acid groups (broad SMARTS) is 1. The Morgan fingerprint density at radius 3 is 2.80 bits per heavy atom. The number of aliphatic carboxylic acids is 1. The molecule has 1 aromatic rings. The number of aromatic nitrogens is 3. The lowest BCUT2D eigenvalue weighted by atomic mass is 9.99. The quantitative estimate of drug-likeness (QED) is 0.773. The molecule has 2 aliphatic heterocycles. The van der Waals surface area contributed by atoms with E-state index in [9.17, 15) is 9.59 Å². The summed E-state index contributed by atoms with van der Waals surface area (Å²) in [4.78, 5) is 26.9. The Hall–Kier alpha value is -2.12. The van der Waals surface area contributed by atoms with Gasteiger partial charge in [-0.15, -0.1) is 10.2 Å². The maximum Gasteiger partial charge on any atom is 0.320 e. The lowest BCUT2D eigenvalue weighted by Gasteiger charge is -2.31. The highest BCUT2D eigenvalue weighted by Crippen LogP contribution is 2.25. The Morgan fingerprint density at radius 2 is 2.10 bits per heavy atom. The van der Waals surface area contributed by atoms with E-state index in [1.165, 1.54) is 0 Å². The monoisotopic (exact) mass is 279 g/mol. The third-order valence-electron chi connectivity index (χ3n) is 4.11. The van der Waals surface area contributed by atoms with Crippen LogP contribution in [0.1, 0.15) is 12.7 Å². The van der Waals surface area contributed by atoms with Crippen molar-refractivity contribution in [1.82, 2.24) is 24.6 Å². The Kier molecular flexibility index (Phi) is 3.07. The Bertz CT molecular complexity index is 543. The number of rotatable bonds is 1. The Morgan fingerprint density at radius 1 is 1.30 bits per heavy atom. The molecular formula is C12H17N5O3. The van der Waals surface area contributed by atoms with E-state index in [1.807, 2.05) is 11.5 Å². The minimum Gasteiger partial charge on any atom is -0.481 e. The summed E-state index contributed by atoms with van der Waals surface area (Å²) in [5.41, 5.74) is 0. The number of carbonyl (C=O) groups excluding carboxylic acids is 1. The lowest BCUT2D eigenvalue weighted by molar-refractivity contribution is -0.142. The summed E-state index contributed by atoms with van der Waals surface area (Å²) in [5, 5.41) is 16.9. The van der Waals surface area contributed by atoms with Gasteiger partial charge in [0.25, 0.3) is 0 Å². The zero-order valence-corrected chi connectivity index (χ0v) is 11.3. The highest BCUT2D eigenvalue weighted by Gasteiger charge is 2.38. The van der Waals surface area contributed by atoms with Crippen molar-refractivity contribution in [2.75, 3.05) is 19.6 Å². The highest BCUT2D eigenvalue weighted by atomic mass is 16.4. The Balaban J connectivity index is 1.67. The predicted molar refractivity (Wildman–Crippen MR) is 67.7 cm³/mol. The average molecular weight is 279 g/mol. The summed E-state index contributed by atoms with van der Waals surface area (Å²) in [6.07, 6.45) is 1.66. The number of urea groups is 1. The minimum atomic E-state index is -0.828. The number of likely N-dealkylation sites (tertiary alicyclic amines) is 1. The maximum atomic E-state index is 12.4. The molecule has 3 heterocycles. The smallest absolute Gasteiger partial charge is 0.320 e. The van der Waals surface area contributed by atoms with Crippen molar-refractivity contribution in [1.29, 1.82) is 0 Å². The van der Waals surface area contributed by atoms with Crippen LogP contribution in [0.5, 0.6) is 0 Å². The van der Waals surface area contributed by atoms with E-state index in [-0.39, 0.29) is 11.9 Å². The number of nitrogens with zero attached hydrogens (tertiary/aromatic N) is 5. The summed E-state index contributed by atoms with van der Waals surface area (Å²) in [5.74, 6) is -0.532. The molecule has 1 aromatic heterocycles. The Labute approximate surface area is 116 Å². The molecule has 0 spiro atoms. The van der Waals surface area contributed by atoms with Crippen molar-refractivity contribution in [3.63, 3.8) is 0 Å². The van der Waals surface area contributed by atoms with Gasteiger partial charge in [0.05, 0.1) is 12.5 Å². The second-order valence-corrected chi connectivity index (χ2v) is 5.47. The van der Waals surface area contributed by atoms with Crippen LogP contribution in [0.4, 0.5) is 4.79 Å². The number of fused-ring (bicyclic) bond motifs is 1. The van der Waals surface area contributed by atoms with E-state index in [1.54, 1.807) is 16.1 Å². The third-order valence-corrected chi connectivity index (χ3v) is 4.11. The van der Waals surface area contributed by atoms with Crippen LogP contribution < -0.4 is 0 Å². The minimum absolute atomic E-state index is 0.00936. The second-order valence-electron chi connectivity index (χ2n) is 5.47. The zero-order chi connectivity index (χ0) is 14.3. The molecule has 0 unspecified atom stereocenters. The topological polar surface area (TPSA) is 91.6 Å². The molecule has 0 aromatic carbocycles. The summed E-state index contributed by atoms with van der Waals surface area (Å²) >= 11 is 0. The van der Waals surface area contributed by atoms with E-state index in [0.29, 0.717) is 32.7 Å². The van der Waals surface area contributed by atoms with E-state index in [0.717, 1.165) is 5.82 Å². The molecule has 2 atom stereocenters. The van der Waals surface area contributed by atoms with Crippen molar-refractivity contribution in [2.45, 2.75) is 20.0 Å². The van der Waals surface area contributed by atoms with E-state index in [2.05, 4.69) is 10.2 Å². The molecule has 108 valence electrons. The zero-order valence-electron chi connectivity index (χ0n) is 11.3. The molecule has 0 radical (unpaired) electrons. The molecule has 2 aliphatic rings. The van der Waals surface area contributed by atoms with Gasteiger partial charge < -0.3 is 19.5 Å². The molecule has 20 heavy (non-hydrogen) atoms. The SMILES string of the molecule is C[C@@H]1CN(C(=O)N2CCn3cnnc3C2)C[C@H]1C(=O)O. The predicted octanol–water partition coefficient (Wildman–Crippen LogP) is -0.134. The molecular weight excluding hydrogens is 262 g/mol. The fourth-order valence-electron chi connectivity index (χ4n) is 2.87. The molecule has 8 nitrogen and oxygen atoms in total. The number of hydrogen-bond acceptors (Lipinski definition) is 4. The van der Waals surface area contributed by atoms with Crippen molar-refractivity contribution in [3.8, 4) is 0 Å². The number of amides is 2. The van der Waals surface area contributed by atoms with E-state index in [4.69, 9.17) is 5.11 Å². The summed E-state index contributed by atoms with van der Waals surface area (Å²) in [6, 6.07) is -0.102. The van der Waals surface area contributed by atoms with Gasteiger partial charge in [-0.25, -0.2) is 4.79 Å². The standard InChI is InChI=1S/C12H17N5O3/c1-8-4-17(5-9(8)11(18)19)12(20)15-2-3-16-7-13-14-10(16)6-15/h7-9H,2-6H2,1H3,(H,18,19)/t8-,9-/m1/s1. The van der Waals surface area contributed by atoms with Gasteiger partial charge in [-0.1, -0.05) is 6.92 Å². The molecule has 8 heteroatoms. The van der Waals surface area contributed by atoms with Gasteiger partial charge in [0.15, 0.2) is 5.82 Å². The number of carbonyl (C=O) groups is 2. The van der Waals surface area contributed by atoms with Gasteiger partial charge >= 0.3 is 12.0 Å². The summed E-state index contributed by atoms with van der Waals surface area (Å²) in [7, 11) is 0. The third kappa shape index (κ3) is 2.10. The molecule has 1 fully saturated rings. The first-order valence-electron chi connectivity index (χ1n) is 6.69. The first kappa shape index (κ1) is 12.9. The van der Waals surface area contributed by atoms with E-state index >= 15 is 0 Å². The van der Waals surface area contributed by atoms with Gasteiger partial charge in [-0.2, -0.15) is 0 Å². The molecule has 3 rings (SSSR count). The van der Waals surface area contributed by atoms with Gasteiger partial charge in [0.1, 0.15) is 6.33 Å². The fourth-order valence-corrected chi connectivity index (χ4v) is 2.87. The number of hydrogen-bond donors (Lipinski definition) is 1. The normalized spacial score (nSPS) is 25.6. The van der Waals surface area contributed by atoms with Gasteiger partial charge in [0, 0.05) is 26.2 Å². The molecule has 0 saturated carbocycles. The van der Waals surface area contributed by atoms with Crippen molar-refractivity contribution >= 4 is 12.0 Å². The first-order valence-corrected chi connectivity index (χ1v) is 6.69. The van der Waals surface area contributed by atoms with Crippen molar-refractivity contribution in [2.24, 2.45) is 11.8 Å². The van der Waals surface area contributed by atoms with Crippen LogP contribution >= 0.6 is 0 Å². The van der Waals surface area contributed by atoms with Crippen molar-refractivity contribution in [3.05, 3.63) is 12.2 Å². The van der Waals surface area contributed by atoms with Crippen LogP contribution in [-0.4, -0.2) is 61.3 Å². The van der Waals surface area contributed by atoms with Gasteiger partial charge in [-0.3, -0.25) is 4.79 Å². The lowest BCUT2D eigenvalue weighted by Crippen LogP contribution is -2.45. The van der Waals surface area contributed by atoms with Crippen LogP contribution in [0.25, 0.3) is 0 Å². The molecule has 1 N–H and O–H groups in total. The van der Waals surface area contributed by atoms with E-state index < -0.39 is 11.9 Å². The van der Waals surface area contributed by atoms with Crippen LogP contribution in [0.3, 0.4) is 0 Å².